The molecule has 25 heavy (non-hydrogen) atoms. The molecular formula is C20H20N2O3. The first-order valence-corrected chi connectivity index (χ1v) is 8.33. The lowest BCUT2D eigenvalue weighted by atomic mass is 10.0. The van der Waals surface area contributed by atoms with Gasteiger partial charge in [-0.3, -0.25) is 14.4 Å². The zero-order valence-corrected chi connectivity index (χ0v) is 14.0. The van der Waals surface area contributed by atoms with Crippen LogP contribution in [-0.2, 0) is 16.0 Å². The number of carbonyl (C=O) groups excluding carboxylic acids is 3. The molecule has 0 aromatic heterocycles. The summed E-state index contributed by atoms with van der Waals surface area (Å²) in [4.78, 5) is 35.6. The lowest BCUT2D eigenvalue weighted by molar-refractivity contribution is -0.121. The Kier molecular flexibility index (Phi) is 4.93. The molecule has 2 aromatic carbocycles. The monoisotopic (exact) mass is 336 g/mol. The predicted molar refractivity (Wildman–Crippen MR) is 95.3 cm³/mol. The van der Waals surface area contributed by atoms with Crippen molar-refractivity contribution in [2.45, 2.75) is 32.2 Å². The Labute approximate surface area is 146 Å². The Bertz CT molecular complexity index is 815. The zero-order valence-electron chi connectivity index (χ0n) is 14.0. The Morgan fingerprint density at radius 3 is 2.64 bits per heavy atom. The summed E-state index contributed by atoms with van der Waals surface area (Å²) in [7, 11) is 0. The summed E-state index contributed by atoms with van der Waals surface area (Å²) in [5, 5.41) is 5.70. The maximum atomic E-state index is 12.1. The zero-order chi connectivity index (χ0) is 17.8. The molecule has 5 nitrogen and oxygen atoms in total. The van der Waals surface area contributed by atoms with Crippen molar-refractivity contribution in [2.75, 3.05) is 5.32 Å². The minimum absolute atomic E-state index is 0.0109. The van der Waals surface area contributed by atoms with E-state index in [-0.39, 0.29) is 36.5 Å². The minimum atomic E-state index is -0.180. The average molecular weight is 336 g/mol. The quantitative estimate of drug-likeness (QED) is 0.796. The predicted octanol–water partition coefficient (Wildman–Crippen LogP) is 3.02. The summed E-state index contributed by atoms with van der Waals surface area (Å²) in [6.45, 7) is 1.89. The lowest BCUT2D eigenvalue weighted by Crippen LogP contribution is -2.27. The molecule has 1 aliphatic heterocycles. The highest BCUT2D eigenvalue weighted by Gasteiger charge is 2.19. The van der Waals surface area contributed by atoms with E-state index in [1.54, 1.807) is 12.1 Å². The fourth-order valence-corrected chi connectivity index (χ4v) is 2.91. The number of rotatable bonds is 6. The lowest BCUT2D eigenvalue weighted by Gasteiger charge is -2.15. The second-order valence-electron chi connectivity index (χ2n) is 6.22. The Balaban J connectivity index is 1.54. The summed E-state index contributed by atoms with van der Waals surface area (Å²) in [6, 6.07) is 14.5. The van der Waals surface area contributed by atoms with Crippen molar-refractivity contribution >= 4 is 23.3 Å². The third-order valence-corrected chi connectivity index (χ3v) is 4.31. The second-order valence-corrected chi connectivity index (χ2v) is 6.22. The highest BCUT2D eigenvalue weighted by molar-refractivity contribution is 5.99. The highest BCUT2D eigenvalue weighted by atomic mass is 16.2. The maximum absolute atomic E-state index is 12.1. The summed E-state index contributed by atoms with van der Waals surface area (Å²) in [5.74, 6) is -0.208. The molecular weight excluding hydrogens is 316 g/mol. The Morgan fingerprint density at radius 2 is 1.88 bits per heavy atom. The molecule has 128 valence electrons. The molecule has 0 unspecified atom stereocenters. The smallest absolute Gasteiger partial charge is 0.228 e. The minimum Gasteiger partial charge on any atom is -0.350 e. The van der Waals surface area contributed by atoms with E-state index in [2.05, 4.69) is 10.6 Å². The van der Waals surface area contributed by atoms with E-state index < -0.39 is 0 Å². The van der Waals surface area contributed by atoms with Gasteiger partial charge in [0.05, 0.1) is 12.5 Å². The van der Waals surface area contributed by atoms with Crippen LogP contribution in [0.5, 0.6) is 0 Å². The number of anilines is 1. The molecule has 0 spiro atoms. The van der Waals surface area contributed by atoms with Crippen LogP contribution in [0.15, 0.2) is 48.5 Å². The van der Waals surface area contributed by atoms with Gasteiger partial charge < -0.3 is 10.6 Å². The fourth-order valence-electron chi connectivity index (χ4n) is 2.91. The van der Waals surface area contributed by atoms with E-state index in [4.69, 9.17) is 0 Å². The van der Waals surface area contributed by atoms with E-state index >= 15 is 0 Å². The molecule has 2 amide bonds. The van der Waals surface area contributed by atoms with E-state index in [1.165, 1.54) is 0 Å². The molecule has 1 aliphatic rings. The van der Waals surface area contributed by atoms with Crippen molar-refractivity contribution in [1.29, 1.82) is 0 Å². The summed E-state index contributed by atoms with van der Waals surface area (Å²) >= 11 is 0. The number of Topliss-reactive ketones (excluding diaryl/α,β-unsaturated/α-hetero) is 1. The Hall–Kier alpha value is -2.95. The van der Waals surface area contributed by atoms with Crippen molar-refractivity contribution in [1.82, 2.24) is 5.32 Å². The van der Waals surface area contributed by atoms with Crippen LogP contribution in [-0.4, -0.2) is 17.6 Å². The summed E-state index contributed by atoms with van der Waals surface area (Å²) in [6.07, 6.45) is 0.712. The SMILES string of the molecule is C[C@@H](NC(=O)CCC(=O)c1ccccc1)c1ccc2c(c1)CC(=O)N2. The first kappa shape index (κ1) is 16.9. The normalized spacial score (nSPS) is 13.7. The van der Waals surface area contributed by atoms with Gasteiger partial charge in [-0.25, -0.2) is 0 Å². The number of carbonyl (C=O) groups is 3. The van der Waals surface area contributed by atoms with Crippen LogP contribution in [0.4, 0.5) is 5.69 Å². The third-order valence-electron chi connectivity index (χ3n) is 4.31. The van der Waals surface area contributed by atoms with Crippen LogP contribution in [0.1, 0.15) is 47.3 Å². The largest absolute Gasteiger partial charge is 0.350 e. The topological polar surface area (TPSA) is 75.3 Å². The van der Waals surface area contributed by atoms with Gasteiger partial charge in [0.25, 0.3) is 0 Å². The van der Waals surface area contributed by atoms with Crippen LogP contribution >= 0.6 is 0 Å². The van der Waals surface area contributed by atoms with E-state index in [0.29, 0.717) is 12.0 Å². The molecule has 0 bridgehead atoms. The van der Waals surface area contributed by atoms with Gasteiger partial charge in [0.1, 0.15) is 0 Å². The molecule has 5 heteroatoms. The summed E-state index contributed by atoms with van der Waals surface area (Å²) < 4.78 is 0. The standard InChI is InChI=1S/C20H20N2O3/c1-13(15-7-8-17-16(11-15)12-20(25)22-17)21-19(24)10-9-18(23)14-5-3-2-4-6-14/h2-8,11,13H,9-10,12H2,1H3,(H,21,24)(H,22,25)/t13-/m1/s1. The van der Waals surface area contributed by atoms with Gasteiger partial charge in [-0.2, -0.15) is 0 Å². The van der Waals surface area contributed by atoms with Crippen LogP contribution in [0.3, 0.4) is 0 Å². The number of hydrogen-bond donors (Lipinski definition) is 2. The number of nitrogens with one attached hydrogen (secondary N) is 2. The van der Waals surface area contributed by atoms with Gasteiger partial charge in [0.15, 0.2) is 5.78 Å². The van der Waals surface area contributed by atoms with Crippen LogP contribution < -0.4 is 10.6 Å². The molecule has 1 atom stereocenters. The van der Waals surface area contributed by atoms with Gasteiger partial charge in [-0.1, -0.05) is 42.5 Å². The number of ketones is 1. The van der Waals surface area contributed by atoms with Crippen molar-refractivity contribution < 1.29 is 14.4 Å². The molecule has 2 aromatic rings. The first-order valence-electron chi connectivity index (χ1n) is 8.33. The molecule has 0 saturated heterocycles. The number of fused-ring (bicyclic) bond motifs is 1. The number of benzene rings is 2. The molecule has 0 aliphatic carbocycles. The van der Waals surface area contributed by atoms with Crippen molar-refractivity contribution in [3.63, 3.8) is 0 Å². The van der Waals surface area contributed by atoms with Gasteiger partial charge in [0, 0.05) is 24.1 Å². The number of hydrogen-bond acceptors (Lipinski definition) is 3. The number of amides is 2. The molecule has 0 fully saturated rings. The van der Waals surface area contributed by atoms with Gasteiger partial charge in [-0.15, -0.1) is 0 Å². The Morgan fingerprint density at radius 1 is 1.12 bits per heavy atom. The van der Waals surface area contributed by atoms with E-state index in [1.807, 2.05) is 43.3 Å². The highest BCUT2D eigenvalue weighted by Crippen LogP contribution is 2.26. The molecule has 3 rings (SSSR count). The average Bonchev–Trinajstić information content (AvgIpc) is 2.99. The van der Waals surface area contributed by atoms with Gasteiger partial charge >= 0.3 is 0 Å². The van der Waals surface area contributed by atoms with Crippen molar-refractivity contribution in [3.8, 4) is 0 Å². The third kappa shape index (κ3) is 4.12. The van der Waals surface area contributed by atoms with E-state index in [0.717, 1.165) is 16.8 Å². The summed E-state index contributed by atoms with van der Waals surface area (Å²) in [5.41, 5.74) is 3.35. The molecule has 2 N–H and O–H groups in total. The van der Waals surface area contributed by atoms with Crippen LogP contribution in [0, 0.1) is 0 Å². The molecule has 0 radical (unpaired) electrons. The van der Waals surface area contributed by atoms with Gasteiger partial charge in [-0.05, 0) is 24.1 Å². The van der Waals surface area contributed by atoms with Crippen LogP contribution in [0.25, 0.3) is 0 Å². The molecule has 1 heterocycles. The maximum Gasteiger partial charge on any atom is 0.228 e. The van der Waals surface area contributed by atoms with Crippen LogP contribution in [0.2, 0.25) is 0 Å². The van der Waals surface area contributed by atoms with Gasteiger partial charge in [0.2, 0.25) is 11.8 Å². The van der Waals surface area contributed by atoms with Crippen molar-refractivity contribution in [3.05, 3.63) is 65.2 Å². The first-order chi connectivity index (χ1) is 12.0. The second kappa shape index (κ2) is 7.30. The van der Waals surface area contributed by atoms with Crippen molar-refractivity contribution in [2.24, 2.45) is 0 Å². The van der Waals surface area contributed by atoms with E-state index in [9.17, 15) is 14.4 Å². The molecule has 0 saturated carbocycles. The fraction of sp³-hybridized carbons (Fsp3) is 0.250.